The van der Waals surface area contributed by atoms with Crippen molar-refractivity contribution in [3.8, 4) is 17.1 Å². The van der Waals surface area contributed by atoms with E-state index in [0.29, 0.717) is 32.2 Å². The quantitative estimate of drug-likeness (QED) is 0.367. The molecule has 1 N–H and O–H groups in total. The summed E-state index contributed by atoms with van der Waals surface area (Å²) in [5.74, 6) is 0.711. The van der Waals surface area contributed by atoms with Gasteiger partial charge in [0.1, 0.15) is 34.5 Å². The van der Waals surface area contributed by atoms with E-state index in [4.69, 9.17) is 9.47 Å². The molecule has 152 valence electrons. The minimum Gasteiger partial charge on any atom is -0.490 e. The fraction of sp³-hybridized carbons (Fsp3) is 0.174. The number of aromatic amines is 1. The number of esters is 1. The molecule has 2 heterocycles. The lowest BCUT2D eigenvalue weighted by atomic mass is 10.1. The minimum absolute atomic E-state index is 0.111. The zero-order valence-corrected chi connectivity index (χ0v) is 17.4. The van der Waals surface area contributed by atoms with Gasteiger partial charge in [0, 0.05) is 5.56 Å². The van der Waals surface area contributed by atoms with Gasteiger partial charge in [-0.3, -0.25) is 4.79 Å². The third-order valence-electron chi connectivity index (χ3n) is 4.61. The van der Waals surface area contributed by atoms with Crippen LogP contribution in [0.25, 0.3) is 21.6 Å². The normalized spacial score (nSPS) is 10.9. The molecule has 0 bridgehead atoms. The van der Waals surface area contributed by atoms with Crippen molar-refractivity contribution in [3.05, 3.63) is 81.0 Å². The summed E-state index contributed by atoms with van der Waals surface area (Å²) < 4.78 is 10.9. The molecule has 0 amide bonds. The van der Waals surface area contributed by atoms with Gasteiger partial charge in [-0.15, -0.1) is 11.3 Å². The number of hydrogen-bond donors (Lipinski definition) is 1. The van der Waals surface area contributed by atoms with Crippen molar-refractivity contribution in [2.24, 2.45) is 0 Å². The zero-order valence-electron chi connectivity index (χ0n) is 16.6. The number of aromatic nitrogens is 2. The summed E-state index contributed by atoms with van der Waals surface area (Å²) in [4.78, 5) is 33.5. The molecule has 0 aliphatic rings. The molecule has 2 aromatic heterocycles. The van der Waals surface area contributed by atoms with Crippen molar-refractivity contribution in [3.63, 3.8) is 0 Å². The lowest BCUT2D eigenvalue weighted by molar-refractivity contribution is 0.0455. The second-order valence-corrected chi connectivity index (χ2v) is 7.82. The Bertz CT molecular complexity index is 1260. The maximum absolute atomic E-state index is 12.7. The second-order valence-electron chi connectivity index (χ2n) is 6.82. The van der Waals surface area contributed by atoms with Gasteiger partial charge in [-0.1, -0.05) is 42.0 Å². The molecule has 30 heavy (non-hydrogen) atoms. The Kier molecular flexibility index (Phi) is 5.63. The highest BCUT2D eigenvalue weighted by molar-refractivity contribution is 7.20. The molecule has 0 radical (unpaired) electrons. The molecule has 0 saturated heterocycles. The molecule has 6 nitrogen and oxygen atoms in total. The van der Waals surface area contributed by atoms with E-state index in [0.717, 1.165) is 11.1 Å². The Morgan fingerprint density at radius 1 is 1.07 bits per heavy atom. The molecule has 0 atom stereocenters. The molecule has 0 unspecified atom stereocenters. The fourth-order valence-corrected chi connectivity index (χ4v) is 4.22. The number of benzene rings is 2. The molecule has 4 rings (SSSR count). The molecule has 0 fully saturated rings. The number of aryl methyl sites for hydroxylation is 2. The van der Waals surface area contributed by atoms with Gasteiger partial charge in [-0.05, 0) is 37.6 Å². The average Bonchev–Trinajstić information content (AvgIpc) is 3.09. The number of ether oxygens (including phenoxy) is 2. The van der Waals surface area contributed by atoms with Crippen LogP contribution >= 0.6 is 11.3 Å². The first-order valence-corrected chi connectivity index (χ1v) is 10.3. The van der Waals surface area contributed by atoms with Crippen LogP contribution in [0, 0.1) is 13.8 Å². The van der Waals surface area contributed by atoms with Gasteiger partial charge in [0.25, 0.3) is 5.56 Å². The van der Waals surface area contributed by atoms with E-state index in [9.17, 15) is 9.59 Å². The summed E-state index contributed by atoms with van der Waals surface area (Å²) in [6.07, 6.45) is 0. The maximum atomic E-state index is 12.7. The third kappa shape index (κ3) is 4.11. The van der Waals surface area contributed by atoms with Crippen molar-refractivity contribution in [1.29, 1.82) is 0 Å². The third-order valence-corrected chi connectivity index (χ3v) is 5.77. The van der Waals surface area contributed by atoms with Crippen LogP contribution in [0.3, 0.4) is 0 Å². The number of carbonyl (C=O) groups is 1. The van der Waals surface area contributed by atoms with E-state index in [1.165, 1.54) is 11.3 Å². The SMILES string of the molecule is Cc1cccc(-c2nc3sc(C(=O)OCCOc4ccccc4)c(C)c3c(=O)[nH]2)c1. The van der Waals surface area contributed by atoms with Crippen LogP contribution in [-0.2, 0) is 4.74 Å². The van der Waals surface area contributed by atoms with E-state index in [-0.39, 0.29) is 18.8 Å². The first-order valence-electron chi connectivity index (χ1n) is 9.48. The lowest BCUT2D eigenvalue weighted by Crippen LogP contribution is -2.13. The highest BCUT2D eigenvalue weighted by Crippen LogP contribution is 2.29. The molecule has 0 saturated carbocycles. The van der Waals surface area contributed by atoms with Gasteiger partial charge in [0.05, 0.1) is 5.39 Å². The van der Waals surface area contributed by atoms with Crippen LogP contribution in [0.4, 0.5) is 0 Å². The van der Waals surface area contributed by atoms with E-state index in [2.05, 4.69) is 9.97 Å². The van der Waals surface area contributed by atoms with Crippen LogP contribution in [-0.4, -0.2) is 29.2 Å². The van der Waals surface area contributed by atoms with Crippen molar-refractivity contribution >= 4 is 27.5 Å². The smallest absolute Gasteiger partial charge is 0.348 e. The topological polar surface area (TPSA) is 81.3 Å². The number of carbonyl (C=O) groups excluding carboxylic acids is 1. The molecule has 4 aromatic rings. The molecule has 0 aliphatic carbocycles. The summed E-state index contributed by atoms with van der Waals surface area (Å²) in [7, 11) is 0. The monoisotopic (exact) mass is 420 g/mol. The Morgan fingerprint density at radius 3 is 2.63 bits per heavy atom. The molecule has 0 spiro atoms. The van der Waals surface area contributed by atoms with Crippen molar-refractivity contribution in [1.82, 2.24) is 9.97 Å². The van der Waals surface area contributed by atoms with Gasteiger partial charge >= 0.3 is 5.97 Å². The fourth-order valence-electron chi connectivity index (χ4n) is 3.14. The standard InChI is InChI=1S/C23H20N2O4S/c1-14-7-6-8-16(13-14)20-24-21(26)18-15(2)19(30-22(18)25-20)23(27)29-12-11-28-17-9-4-3-5-10-17/h3-10,13H,11-12H2,1-2H3,(H,24,25,26). The Labute approximate surface area is 177 Å². The Balaban J connectivity index is 1.53. The Morgan fingerprint density at radius 2 is 1.87 bits per heavy atom. The van der Waals surface area contributed by atoms with Gasteiger partial charge in [0.15, 0.2) is 0 Å². The van der Waals surface area contributed by atoms with Gasteiger partial charge < -0.3 is 14.5 Å². The first kappa shape index (κ1) is 19.8. The summed E-state index contributed by atoms with van der Waals surface area (Å²) in [6, 6.07) is 17.0. The number of nitrogens with one attached hydrogen (secondary N) is 1. The molecular weight excluding hydrogens is 400 g/mol. The van der Waals surface area contributed by atoms with Crippen LogP contribution in [0.2, 0.25) is 0 Å². The van der Waals surface area contributed by atoms with Crippen LogP contribution in [0.5, 0.6) is 5.75 Å². The van der Waals surface area contributed by atoms with Gasteiger partial charge in [-0.25, -0.2) is 9.78 Å². The number of fused-ring (bicyclic) bond motifs is 1. The number of H-pyrrole nitrogens is 1. The molecular formula is C23H20N2O4S. The van der Waals surface area contributed by atoms with Crippen LogP contribution in [0.15, 0.2) is 59.4 Å². The number of nitrogens with zero attached hydrogens (tertiary/aromatic N) is 1. The van der Waals surface area contributed by atoms with E-state index in [1.807, 2.05) is 61.5 Å². The number of thiophene rings is 1. The van der Waals surface area contributed by atoms with Crippen molar-refractivity contribution < 1.29 is 14.3 Å². The van der Waals surface area contributed by atoms with Crippen molar-refractivity contribution in [2.75, 3.05) is 13.2 Å². The Hall–Kier alpha value is -3.45. The first-order chi connectivity index (χ1) is 14.5. The summed E-state index contributed by atoms with van der Waals surface area (Å²) in [6.45, 7) is 4.07. The van der Waals surface area contributed by atoms with E-state index >= 15 is 0 Å². The van der Waals surface area contributed by atoms with E-state index in [1.54, 1.807) is 6.92 Å². The van der Waals surface area contributed by atoms with Crippen molar-refractivity contribution in [2.45, 2.75) is 13.8 Å². The zero-order chi connectivity index (χ0) is 21.1. The van der Waals surface area contributed by atoms with Crippen LogP contribution in [0.1, 0.15) is 20.8 Å². The lowest BCUT2D eigenvalue weighted by Gasteiger charge is -2.06. The highest BCUT2D eigenvalue weighted by atomic mass is 32.1. The molecule has 0 aliphatic heterocycles. The second kappa shape index (κ2) is 8.51. The largest absolute Gasteiger partial charge is 0.490 e. The summed E-state index contributed by atoms with van der Waals surface area (Å²) in [5, 5.41) is 0.420. The predicted molar refractivity (Wildman–Crippen MR) is 117 cm³/mol. The molecule has 7 heteroatoms. The van der Waals surface area contributed by atoms with Gasteiger partial charge in [-0.2, -0.15) is 0 Å². The van der Waals surface area contributed by atoms with E-state index < -0.39 is 5.97 Å². The maximum Gasteiger partial charge on any atom is 0.348 e. The summed E-state index contributed by atoms with van der Waals surface area (Å²) in [5.41, 5.74) is 2.20. The highest BCUT2D eigenvalue weighted by Gasteiger charge is 2.20. The average molecular weight is 420 g/mol. The molecule has 2 aromatic carbocycles. The van der Waals surface area contributed by atoms with Gasteiger partial charge in [0.2, 0.25) is 0 Å². The number of hydrogen-bond acceptors (Lipinski definition) is 6. The minimum atomic E-state index is -0.483. The number of para-hydroxylation sites is 1. The van der Waals surface area contributed by atoms with Crippen LogP contribution < -0.4 is 10.3 Å². The predicted octanol–water partition coefficient (Wildman–Crippen LogP) is 4.50. The summed E-state index contributed by atoms with van der Waals surface area (Å²) >= 11 is 1.17. The number of rotatable bonds is 6.